The van der Waals surface area contributed by atoms with Gasteiger partial charge in [0.2, 0.25) is 0 Å². The molecule has 1 aliphatic rings. The lowest BCUT2D eigenvalue weighted by Crippen LogP contribution is -1.98. The second kappa shape index (κ2) is 7.96. The molecule has 0 N–H and O–H groups in total. The molecule has 3 heteroatoms. The first-order valence-electron chi connectivity index (χ1n) is 14.3. The number of aromatic nitrogens is 2. The maximum atomic E-state index is 6.09. The van der Waals surface area contributed by atoms with Crippen LogP contribution in [0.15, 0.2) is 138 Å². The van der Waals surface area contributed by atoms with Crippen LogP contribution in [0, 0.1) is 0 Å². The average molecular weight is 535 g/mol. The van der Waals surface area contributed by atoms with E-state index in [9.17, 15) is 0 Å². The molecule has 6 aromatic carbocycles. The summed E-state index contributed by atoms with van der Waals surface area (Å²) in [6.07, 6.45) is 0. The SMILES string of the molecule is c1ccc2c(c1)-c1cccc3nc(-n4c5ccccc5c5cc(-c6ccc7oc8ccccc8c7c6)ccc54)cc-2c13. The van der Waals surface area contributed by atoms with Gasteiger partial charge in [0.25, 0.3) is 0 Å². The highest BCUT2D eigenvalue weighted by atomic mass is 16.3. The predicted molar refractivity (Wildman–Crippen MR) is 173 cm³/mol. The Morgan fingerprint density at radius 3 is 2.02 bits per heavy atom. The van der Waals surface area contributed by atoms with Crippen LogP contribution in [0.4, 0.5) is 0 Å². The molecule has 0 amide bonds. The van der Waals surface area contributed by atoms with Gasteiger partial charge in [-0.15, -0.1) is 0 Å². The van der Waals surface area contributed by atoms with Gasteiger partial charge < -0.3 is 4.42 Å². The van der Waals surface area contributed by atoms with E-state index in [1.165, 1.54) is 49.5 Å². The average Bonchev–Trinajstić information content (AvgIpc) is 3.69. The lowest BCUT2D eigenvalue weighted by atomic mass is 10.0. The van der Waals surface area contributed by atoms with Gasteiger partial charge in [0.05, 0.1) is 16.6 Å². The minimum atomic E-state index is 0.915. The molecule has 194 valence electrons. The summed E-state index contributed by atoms with van der Waals surface area (Å²) in [6.45, 7) is 0. The Morgan fingerprint density at radius 2 is 1.12 bits per heavy atom. The van der Waals surface area contributed by atoms with Gasteiger partial charge in [-0.2, -0.15) is 0 Å². The third-order valence-corrected chi connectivity index (χ3v) is 8.94. The van der Waals surface area contributed by atoms with Crippen molar-refractivity contribution in [1.29, 1.82) is 0 Å². The van der Waals surface area contributed by atoms with E-state index in [0.717, 1.165) is 44.3 Å². The molecular formula is C39H22N2O. The second-order valence-corrected chi connectivity index (χ2v) is 11.2. The summed E-state index contributed by atoms with van der Waals surface area (Å²) in [5, 5.41) is 5.97. The maximum absolute atomic E-state index is 6.09. The van der Waals surface area contributed by atoms with E-state index in [2.05, 4.69) is 126 Å². The van der Waals surface area contributed by atoms with Crippen LogP contribution in [0.2, 0.25) is 0 Å². The second-order valence-electron chi connectivity index (χ2n) is 11.2. The fourth-order valence-electron chi connectivity index (χ4n) is 7.08. The van der Waals surface area contributed by atoms with Crippen LogP contribution in [-0.4, -0.2) is 9.55 Å². The van der Waals surface area contributed by atoms with Gasteiger partial charge in [0, 0.05) is 26.9 Å². The summed E-state index contributed by atoms with van der Waals surface area (Å²) in [5.41, 5.74) is 12.6. The van der Waals surface area contributed by atoms with Gasteiger partial charge in [-0.25, -0.2) is 4.98 Å². The smallest absolute Gasteiger partial charge is 0.138 e. The van der Waals surface area contributed by atoms with Gasteiger partial charge in [0.1, 0.15) is 17.0 Å². The first-order chi connectivity index (χ1) is 20.8. The van der Waals surface area contributed by atoms with Crippen LogP contribution in [0.1, 0.15) is 0 Å². The quantitative estimate of drug-likeness (QED) is 0.221. The molecule has 3 aromatic heterocycles. The highest BCUT2D eigenvalue weighted by Crippen LogP contribution is 2.47. The zero-order chi connectivity index (χ0) is 27.4. The summed E-state index contributed by atoms with van der Waals surface area (Å²) >= 11 is 0. The van der Waals surface area contributed by atoms with E-state index in [4.69, 9.17) is 9.40 Å². The first-order valence-corrected chi connectivity index (χ1v) is 14.3. The van der Waals surface area contributed by atoms with Crippen LogP contribution in [0.5, 0.6) is 0 Å². The lowest BCUT2D eigenvalue weighted by molar-refractivity contribution is 0.669. The molecule has 0 bridgehead atoms. The minimum absolute atomic E-state index is 0.915. The third-order valence-electron chi connectivity index (χ3n) is 8.94. The summed E-state index contributed by atoms with van der Waals surface area (Å²) in [4.78, 5) is 5.25. The molecule has 3 nitrogen and oxygen atoms in total. The topological polar surface area (TPSA) is 31.0 Å². The Hall–Kier alpha value is -5.67. The van der Waals surface area contributed by atoms with Crippen molar-refractivity contribution in [3.05, 3.63) is 133 Å². The molecule has 9 aromatic rings. The molecular weight excluding hydrogens is 512 g/mol. The van der Waals surface area contributed by atoms with E-state index in [0.29, 0.717) is 0 Å². The normalized spacial score (nSPS) is 12.3. The van der Waals surface area contributed by atoms with E-state index in [1.807, 2.05) is 12.1 Å². The van der Waals surface area contributed by atoms with Gasteiger partial charge in [-0.05, 0) is 81.9 Å². The Balaban J connectivity index is 1.22. The van der Waals surface area contributed by atoms with E-state index in [1.54, 1.807) is 0 Å². The molecule has 0 saturated carbocycles. The van der Waals surface area contributed by atoms with Crippen molar-refractivity contribution in [2.24, 2.45) is 0 Å². The van der Waals surface area contributed by atoms with Gasteiger partial charge >= 0.3 is 0 Å². The molecule has 0 fully saturated rings. The Labute approximate surface area is 240 Å². The molecule has 3 heterocycles. The molecule has 42 heavy (non-hydrogen) atoms. The molecule has 0 saturated heterocycles. The fraction of sp³-hybridized carbons (Fsp3) is 0. The van der Waals surface area contributed by atoms with E-state index >= 15 is 0 Å². The van der Waals surface area contributed by atoms with E-state index in [-0.39, 0.29) is 0 Å². The zero-order valence-corrected chi connectivity index (χ0v) is 22.5. The molecule has 1 aliphatic carbocycles. The number of nitrogens with zero attached hydrogens (tertiary/aromatic N) is 2. The molecule has 0 unspecified atom stereocenters. The summed E-state index contributed by atoms with van der Waals surface area (Å²) in [7, 11) is 0. The summed E-state index contributed by atoms with van der Waals surface area (Å²) < 4.78 is 8.41. The van der Waals surface area contributed by atoms with Crippen LogP contribution >= 0.6 is 0 Å². The molecule has 0 radical (unpaired) electrons. The number of furan rings is 1. The van der Waals surface area contributed by atoms with Crippen LogP contribution < -0.4 is 0 Å². The minimum Gasteiger partial charge on any atom is -0.456 e. The van der Waals surface area contributed by atoms with Crippen LogP contribution in [0.3, 0.4) is 0 Å². The Morgan fingerprint density at radius 1 is 0.452 bits per heavy atom. The first kappa shape index (κ1) is 22.1. The van der Waals surface area contributed by atoms with Crippen LogP contribution in [0.25, 0.3) is 93.8 Å². The Kier molecular flexibility index (Phi) is 4.18. The largest absolute Gasteiger partial charge is 0.456 e. The number of rotatable bonds is 2. The highest BCUT2D eigenvalue weighted by Gasteiger charge is 2.23. The van der Waals surface area contributed by atoms with Gasteiger partial charge in [-0.3, -0.25) is 4.57 Å². The van der Waals surface area contributed by atoms with E-state index < -0.39 is 0 Å². The van der Waals surface area contributed by atoms with Crippen molar-refractivity contribution in [3.8, 4) is 39.2 Å². The summed E-state index contributed by atoms with van der Waals surface area (Å²) in [6, 6.07) is 47.7. The molecule has 0 atom stereocenters. The predicted octanol–water partition coefficient (Wildman–Crippen LogP) is 10.5. The van der Waals surface area contributed by atoms with Gasteiger partial charge in [0.15, 0.2) is 0 Å². The molecule has 10 rings (SSSR count). The lowest BCUT2D eigenvalue weighted by Gasteiger charge is -2.11. The number of hydrogen-bond acceptors (Lipinski definition) is 2. The maximum Gasteiger partial charge on any atom is 0.138 e. The van der Waals surface area contributed by atoms with Crippen molar-refractivity contribution >= 4 is 54.6 Å². The summed E-state index contributed by atoms with van der Waals surface area (Å²) in [5.74, 6) is 0.941. The van der Waals surface area contributed by atoms with Gasteiger partial charge in [-0.1, -0.05) is 84.9 Å². The number of para-hydroxylation sites is 2. The van der Waals surface area contributed by atoms with Crippen molar-refractivity contribution in [3.63, 3.8) is 0 Å². The van der Waals surface area contributed by atoms with Crippen molar-refractivity contribution in [2.45, 2.75) is 0 Å². The Bertz CT molecular complexity index is 2580. The number of fused-ring (bicyclic) bond motifs is 9. The number of pyridine rings is 1. The van der Waals surface area contributed by atoms with Crippen LogP contribution in [-0.2, 0) is 0 Å². The van der Waals surface area contributed by atoms with Crippen molar-refractivity contribution in [2.75, 3.05) is 0 Å². The van der Waals surface area contributed by atoms with Crippen molar-refractivity contribution in [1.82, 2.24) is 9.55 Å². The fourth-order valence-corrected chi connectivity index (χ4v) is 7.08. The standard InChI is InChI=1S/C39H22N2O/c1-2-9-26-25(8-1)29-12-7-13-33-39(29)32(26)22-38(40-33)41-34-14-5-3-10-27(34)30-20-23(16-18-35(30)41)24-17-19-37-31(21-24)28-11-4-6-15-36(28)42-37/h1-22H. The zero-order valence-electron chi connectivity index (χ0n) is 22.5. The van der Waals surface area contributed by atoms with Crippen molar-refractivity contribution < 1.29 is 4.42 Å². The molecule has 0 aliphatic heterocycles. The monoisotopic (exact) mass is 534 g/mol. The number of benzene rings is 6. The third kappa shape index (κ3) is 2.87. The highest BCUT2D eigenvalue weighted by molar-refractivity contribution is 6.15. The molecule has 0 spiro atoms. The number of hydrogen-bond donors (Lipinski definition) is 0.